The molecule has 0 heterocycles. The molecule has 23 heavy (non-hydrogen) atoms. The number of benzene rings is 2. The van der Waals surface area contributed by atoms with Crippen molar-refractivity contribution in [2.45, 2.75) is 13.1 Å². The molecule has 0 unspecified atom stereocenters. The molecule has 0 aromatic heterocycles. The number of aryl methyl sites for hydroxylation is 1. The van der Waals surface area contributed by atoms with Gasteiger partial charge in [-0.15, -0.1) is 0 Å². The van der Waals surface area contributed by atoms with Crippen LogP contribution in [0.1, 0.15) is 27.0 Å². The zero-order valence-electron chi connectivity index (χ0n) is 12.4. The molecule has 0 aliphatic heterocycles. The van der Waals surface area contributed by atoms with E-state index in [4.69, 9.17) is 0 Å². The highest BCUT2D eigenvalue weighted by Crippen LogP contribution is 2.31. The zero-order chi connectivity index (χ0) is 16.9. The molecule has 2 nitrogen and oxygen atoms in total. The van der Waals surface area contributed by atoms with Gasteiger partial charge < -0.3 is 5.32 Å². The molecule has 0 saturated heterocycles. The Morgan fingerprint density at radius 3 is 2.39 bits per heavy atom. The van der Waals surface area contributed by atoms with E-state index in [0.29, 0.717) is 5.56 Å². The second-order valence-corrected chi connectivity index (χ2v) is 4.89. The largest absolute Gasteiger partial charge is 0.417 e. The maximum absolute atomic E-state index is 12.8. The van der Waals surface area contributed by atoms with Crippen LogP contribution in [0.25, 0.3) is 0 Å². The van der Waals surface area contributed by atoms with Gasteiger partial charge in [-0.3, -0.25) is 4.79 Å². The fraction of sp³-hybridized carbons (Fsp3) is 0.167. The lowest BCUT2D eigenvalue weighted by molar-refractivity contribution is -0.137. The lowest BCUT2D eigenvalue weighted by Gasteiger charge is -2.08. The molecule has 118 valence electrons. The smallest absolute Gasteiger partial charge is 0.341 e. The molecule has 1 N–H and O–H groups in total. The molecule has 0 saturated carbocycles. The maximum atomic E-state index is 12.8. The van der Waals surface area contributed by atoms with E-state index in [2.05, 4.69) is 17.2 Å². The second kappa shape index (κ2) is 7.01. The lowest BCUT2D eigenvalue weighted by Crippen LogP contribution is -2.23. The van der Waals surface area contributed by atoms with Crippen LogP contribution < -0.4 is 5.32 Å². The molecule has 2 aromatic carbocycles. The summed E-state index contributed by atoms with van der Waals surface area (Å²) in [6, 6.07) is 12.1. The first kappa shape index (κ1) is 16.6. The van der Waals surface area contributed by atoms with Crippen LogP contribution in [0.4, 0.5) is 13.2 Å². The predicted molar refractivity (Wildman–Crippen MR) is 81.8 cm³/mol. The summed E-state index contributed by atoms with van der Waals surface area (Å²) in [5, 5.41) is 2.55. The van der Waals surface area contributed by atoms with Crippen LogP contribution in [0.15, 0.2) is 48.5 Å². The van der Waals surface area contributed by atoms with Crippen LogP contribution in [0.5, 0.6) is 0 Å². The molecular formula is C18H14F3NO. The van der Waals surface area contributed by atoms with Gasteiger partial charge in [0.2, 0.25) is 0 Å². The molecule has 0 atom stereocenters. The first-order chi connectivity index (χ1) is 10.9. The minimum atomic E-state index is -4.45. The van der Waals surface area contributed by atoms with E-state index in [9.17, 15) is 18.0 Å². The number of halogens is 3. The van der Waals surface area contributed by atoms with Crippen molar-refractivity contribution in [3.8, 4) is 11.8 Å². The number of amides is 1. The highest BCUT2D eigenvalue weighted by atomic mass is 19.4. The molecule has 2 rings (SSSR count). The Morgan fingerprint density at radius 1 is 1.09 bits per heavy atom. The zero-order valence-corrected chi connectivity index (χ0v) is 12.4. The van der Waals surface area contributed by atoms with E-state index in [1.807, 2.05) is 6.92 Å². The van der Waals surface area contributed by atoms with Crippen LogP contribution in [0.2, 0.25) is 0 Å². The van der Waals surface area contributed by atoms with Crippen molar-refractivity contribution >= 4 is 5.91 Å². The lowest BCUT2D eigenvalue weighted by atomic mass is 10.1. The van der Waals surface area contributed by atoms with Crippen LogP contribution in [0, 0.1) is 18.8 Å². The number of carbonyl (C=O) groups is 1. The number of nitrogens with one attached hydrogen (secondary N) is 1. The molecule has 0 aliphatic carbocycles. The van der Waals surface area contributed by atoms with Gasteiger partial charge in [0.15, 0.2) is 0 Å². The van der Waals surface area contributed by atoms with Crippen molar-refractivity contribution in [2.24, 2.45) is 0 Å². The molecule has 5 heteroatoms. The van der Waals surface area contributed by atoms with Crippen LogP contribution >= 0.6 is 0 Å². The van der Waals surface area contributed by atoms with Crippen molar-refractivity contribution in [1.29, 1.82) is 0 Å². The fourth-order valence-electron chi connectivity index (χ4n) is 1.91. The number of rotatable bonds is 2. The van der Waals surface area contributed by atoms with Gasteiger partial charge in [0.1, 0.15) is 0 Å². The van der Waals surface area contributed by atoms with Gasteiger partial charge in [-0.2, -0.15) is 13.2 Å². The molecule has 0 bridgehead atoms. The summed E-state index contributed by atoms with van der Waals surface area (Å²) in [5.74, 6) is 4.68. The molecular weight excluding hydrogens is 303 g/mol. The van der Waals surface area contributed by atoms with E-state index in [1.54, 1.807) is 24.3 Å². The van der Waals surface area contributed by atoms with Gasteiger partial charge in [-0.05, 0) is 31.2 Å². The van der Waals surface area contributed by atoms with Gasteiger partial charge in [0.25, 0.3) is 5.91 Å². The maximum Gasteiger partial charge on any atom is 0.417 e. The second-order valence-electron chi connectivity index (χ2n) is 4.89. The molecule has 1 amide bonds. The normalized spacial score (nSPS) is 10.6. The minimum absolute atomic E-state index is 0.0289. The van der Waals surface area contributed by atoms with E-state index in [0.717, 1.165) is 11.6 Å². The summed E-state index contributed by atoms with van der Waals surface area (Å²) in [6.07, 6.45) is -4.45. The summed E-state index contributed by atoms with van der Waals surface area (Å²) in [4.78, 5) is 11.8. The van der Waals surface area contributed by atoms with Crippen molar-refractivity contribution in [3.63, 3.8) is 0 Å². The average Bonchev–Trinajstić information content (AvgIpc) is 2.51. The minimum Gasteiger partial charge on any atom is -0.341 e. The van der Waals surface area contributed by atoms with Crippen LogP contribution in [0.3, 0.4) is 0 Å². The third-order valence-corrected chi connectivity index (χ3v) is 3.11. The van der Waals surface area contributed by atoms with E-state index < -0.39 is 11.7 Å². The van der Waals surface area contributed by atoms with Gasteiger partial charge in [0.05, 0.1) is 12.1 Å². The fourth-order valence-corrected chi connectivity index (χ4v) is 1.91. The summed E-state index contributed by atoms with van der Waals surface area (Å²) >= 11 is 0. The Balaban J connectivity index is 2.02. The molecule has 2 aromatic rings. The Labute approximate surface area is 132 Å². The van der Waals surface area contributed by atoms with E-state index in [-0.39, 0.29) is 18.0 Å². The Hall–Kier alpha value is -2.74. The van der Waals surface area contributed by atoms with Crippen molar-refractivity contribution in [1.82, 2.24) is 5.32 Å². The van der Waals surface area contributed by atoms with Crippen LogP contribution in [-0.4, -0.2) is 12.5 Å². The average molecular weight is 317 g/mol. The highest BCUT2D eigenvalue weighted by Gasteiger charge is 2.32. The highest BCUT2D eigenvalue weighted by molar-refractivity contribution is 5.94. The Morgan fingerprint density at radius 2 is 1.74 bits per heavy atom. The predicted octanol–water partition coefficient (Wildman–Crippen LogP) is 3.80. The first-order valence-corrected chi connectivity index (χ1v) is 6.88. The quantitative estimate of drug-likeness (QED) is 0.839. The standard InChI is InChI=1S/C18H14F3NO/c1-13-8-10-15(11-9-13)17(23)22-12-4-6-14-5-2-3-7-16(14)18(19,20)21/h2-3,5,7-11H,12H2,1H3,(H,22,23). The van der Waals surface area contributed by atoms with Crippen molar-refractivity contribution in [3.05, 3.63) is 70.8 Å². The van der Waals surface area contributed by atoms with Crippen molar-refractivity contribution in [2.75, 3.05) is 6.54 Å². The molecule has 0 aliphatic rings. The molecule has 0 fully saturated rings. The summed E-state index contributed by atoms with van der Waals surface area (Å²) in [5.41, 5.74) is 0.625. The van der Waals surface area contributed by atoms with Gasteiger partial charge in [-0.25, -0.2) is 0 Å². The number of hydrogen-bond acceptors (Lipinski definition) is 1. The summed E-state index contributed by atoms with van der Waals surface area (Å²) in [7, 11) is 0. The van der Waals surface area contributed by atoms with E-state index >= 15 is 0 Å². The van der Waals surface area contributed by atoms with Gasteiger partial charge in [-0.1, -0.05) is 41.7 Å². The first-order valence-electron chi connectivity index (χ1n) is 6.88. The number of carbonyl (C=O) groups excluding carboxylic acids is 1. The van der Waals surface area contributed by atoms with Gasteiger partial charge in [0, 0.05) is 11.1 Å². The van der Waals surface area contributed by atoms with Crippen molar-refractivity contribution < 1.29 is 18.0 Å². The molecule has 0 radical (unpaired) electrons. The van der Waals surface area contributed by atoms with Gasteiger partial charge >= 0.3 is 6.18 Å². The number of hydrogen-bond donors (Lipinski definition) is 1. The SMILES string of the molecule is Cc1ccc(C(=O)NCC#Cc2ccccc2C(F)(F)F)cc1. The third kappa shape index (κ3) is 4.62. The Kier molecular flexibility index (Phi) is 5.07. The monoisotopic (exact) mass is 317 g/mol. The summed E-state index contributed by atoms with van der Waals surface area (Å²) in [6.45, 7) is 1.88. The van der Waals surface area contributed by atoms with Crippen LogP contribution in [-0.2, 0) is 6.18 Å². The third-order valence-electron chi connectivity index (χ3n) is 3.11. The Bertz CT molecular complexity index is 752. The number of alkyl halides is 3. The van der Waals surface area contributed by atoms with E-state index in [1.165, 1.54) is 18.2 Å². The summed E-state index contributed by atoms with van der Waals surface area (Å²) < 4.78 is 38.4. The molecule has 0 spiro atoms. The topological polar surface area (TPSA) is 29.1 Å².